The third-order valence-electron chi connectivity index (χ3n) is 3.74. The van der Waals surface area contributed by atoms with E-state index in [-0.39, 0.29) is 5.91 Å². The molecule has 2 aliphatic rings. The lowest BCUT2D eigenvalue weighted by Crippen LogP contribution is -2.69. The fourth-order valence-corrected chi connectivity index (χ4v) is 2.88. The number of nitrogens with zero attached hydrogens (tertiary/aromatic N) is 3. The van der Waals surface area contributed by atoms with Crippen molar-refractivity contribution >= 4 is 5.91 Å². The number of amides is 1. The molecule has 0 saturated carbocycles. The summed E-state index contributed by atoms with van der Waals surface area (Å²) in [5.41, 5.74) is 1.67. The van der Waals surface area contributed by atoms with Crippen LogP contribution in [-0.2, 0) is 0 Å². The van der Waals surface area contributed by atoms with Crippen LogP contribution >= 0.6 is 0 Å². The van der Waals surface area contributed by atoms with E-state index in [2.05, 4.69) is 16.9 Å². The first-order valence-electron chi connectivity index (χ1n) is 6.09. The lowest BCUT2D eigenvalue weighted by molar-refractivity contribution is -0.0400. The molecule has 17 heavy (non-hydrogen) atoms. The average Bonchev–Trinajstić information content (AvgIpc) is 2.29. The van der Waals surface area contributed by atoms with Gasteiger partial charge in [-0.05, 0) is 32.0 Å². The second-order valence-electron chi connectivity index (χ2n) is 5.20. The number of fused-ring (bicyclic) bond motifs is 2. The molecule has 3 heterocycles. The summed E-state index contributed by atoms with van der Waals surface area (Å²) in [4.78, 5) is 20.8. The Morgan fingerprint density at radius 3 is 2.65 bits per heavy atom. The van der Waals surface area contributed by atoms with Gasteiger partial charge in [0.15, 0.2) is 0 Å². The lowest BCUT2D eigenvalue weighted by Gasteiger charge is -2.55. The molecule has 0 spiro atoms. The van der Waals surface area contributed by atoms with Crippen LogP contribution < -0.4 is 0 Å². The van der Waals surface area contributed by atoms with Crippen molar-refractivity contribution in [2.24, 2.45) is 0 Å². The molecule has 2 saturated heterocycles. The molecule has 1 amide bonds. The van der Waals surface area contributed by atoms with Gasteiger partial charge in [-0.15, -0.1) is 0 Å². The van der Waals surface area contributed by atoms with Crippen molar-refractivity contribution in [1.82, 2.24) is 14.8 Å². The van der Waals surface area contributed by atoms with Crippen LogP contribution in [0.5, 0.6) is 0 Å². The Morgan fingerprint density at radius 2 is 2.06 bits per heavy atom. The number of piperazine rings is 1. The second-order valence-corrected chi connectivity index (χ2v) is 5.20. The van der Waals surface area contributed by atoms with Crippen LogP contribution in [0.15, 0.2) is 18.3 Å². The fourth-order valence-electron chi connectivity index (χ4n) is 2.88. The Bertz CT molecular complexity index is 430. The predicted molar refractivity (Wildman–Crippen MR) is 64.8 cm³/mol. The van der Waals surface area contributed by atoms with Gasteiger partial charge in [-0.1, -0.05) is 6.07 Å². The molecule has 4 heteroatoms. The van der Waals surface area contributed by atoms with Crippen LogP contribution in [-0.4, -0.2) is 52.9 Å². The molecule has 4 nitrogen and oxygen atoms in total. The zero-order valence-electron chi connectivity index (χ0n) is 10.3. The Balaban J connectivity index is 1.78. The minimum Gasteiger partial charge on any atom is -0.329 e. The monoisotopic (exact) mass is 231 g/mol. The van der Waals surface area contributed by atoms with Gasteiger partial charge >= 0.3 is 0 Å². The van der Waals surface area contributed by atoms with Crippen LogP contribution in [0, 0.1) is 6.92 Å². The van der Waals surface area contributed by atoms with Gasteiger partial charge in [0.1, 0.15) is 5.69 Å². The molecule has 2 fully saturated rings. The molecule has 2 aliphatic heterocycles. The number of piperidine rings is 1. The molecule has 0 N–H and O–H groups in total. The molecular formula is C13H17N3O. The number of hydrogen-bond acceptors (Lipinski definition) is 3. The van der Waals surface area contributed by atoms with Gasteiger partial charge in [0.25, 0.3) is 5.91 Å². The Kier molecular flexibility index (Phi) is 2.40. The Labute approximate surface area is 101 Å². The van der Waals surface area contributed by atoms with Crippen LogP contribution in [0.1, 0.15) is 22.5 Å². The lowest BCUT2D eigenvalue weighted by atomic mass is 9.87. The van der Waals surface area contributed by atoms with Crippen LogP contribution in [0.25, 0.3) is 0 Å². The number of carbonyl (C=O) groups is 1. The summed E-state index contributed by atoms with van der Waals surface area (Å²) in [6.07, 6.45) is 2.91. The summed E-state index contributed by atoms with van der Waals surface area (Å²) >= 11 is 0. The van der Waals surface area contributed by atoms with E-state index in [1.165, 1.54) is 0 Å². The van der Waals surface area contributed by atoms with Crippen molar-refractivity contribution in [1.29, 1.82) is 0 Å². The first-order valence-corrected chi connectivity index (χ1v) is 6.09. The highest BCUT2D eigenvalue weighted by molar-refractivity contribution is 5.93. The smallest absolute Gasteiger partial charge is 0.273 e. The van der Waals surface area contributed by atoms with E-state index >= 15 is 0 Å². The summed E-state index contributed by atoms with van der Waals surface area (Å²) < 4.78 is 0. The van der Waals surface area contributed by atoms with Crippen molar-refractivity contribution < 1.29 is 4.79 Å². The number of pyridine rings is 1. The molecule has 1 aromatic rings. The first kappa shape index (κ1) is 10.7. The molecule has 2 unspecified atom stereocenters. The molecule has 3 rings (SSSR count). The van der Waals surface area contributed by atoms with Gasteiger partial charge in [-0.3, -0.25) is 9.78 Å². The quantitative estimate of drug-likeness (QED) is 0.721. The number of rotatable bonds is 1. The van der Waals surface area contributed by atoms with Crippen LogP contribution in [0.2, 0.25) is 0 Å². The number of hydrogen-bond donors (Lipinski definition) is 0. The zero-order chi connectivity index (χ0) is 12.0. The SMILES string of the molecule is Cc1ccc(C(=O)N2C3CC2CN(C)C3)nc1. The largest absolute Gasteiger partial charge is 0.329 e. The molecule has 0 aliphatic carbocycles. The molecule has 2 atom stereocenters. The van der Waals surface area contributed by atoms with Crippen molar-refractivity contribution in [3.05, 3.63) is 29.6 Å². The van der Waals surface area contributed by atoms with Gasteiger partial charge < -0.3 is 9.80 Å². The van der Waals surface area contributed by atoms with E-state index in [4.69, 9.17) is 0 Å². The van der Waals surface area contributed by atoms with Gasteiger partial charge in [0.2, 0.25) is 0 Å². The fraction of sp³-hybridized carbons (Fsp3) is 0.538. The molecule has 90 valence electrons. The molecular weight excluding hydrogens is 214 g/mol. The van der Waals surface area contributed by atoms with Crippen LogP contribution in [0.4, 0.5) is 0 Å². The first-order chi connectivity index (χ1) is 8.15. The van der Waals surface area contributed by atoms with Gasteiger partial charge in [0, 0.05) is 31.4 Å². The maximum absolute atomic E-state index is 12.3. The normalized spacial score (nSPS) is 27.8. The van der Waals surface area contributed by atoms with Gasteiger partial charge in [-0.25, -0.2) is 0 Å². The number of likely N-dealkylation sites (N-methyl/N-ethyl adjacent to an activating group) is 1. The van der Waals surface area contributed by atoms with E-state index in [1.807, 2.05) is 24.0 Å². The van der Waals surface area contributed by atoms with Crippen LogP contribution in [0.3, 0.4) is 0 Å². The topological polar surface area (TPSA) is 36.4 Å². The van der Waals surface area contributed by atoms with Crippen molar-refractivity contribution in [3.63, 3.8) is 0 Å². The maximum Gasteiger partial charge on any atom is 0.273 e. The summed E-state index contributed by atoms with van der Waals surface area (Å²) in [5, 5.41) is 0. The highest BCUT2D eigenvalue weighted by atomic mass is 16.2. The maximum atomic E-state index is 12.3. The minimum absolute atomic E-state index is 0.0966. The standard InChI is InChI=1S/C13H17N3O/c1-9-3-4-12(14-6-9)13(17)16-10-5-11(16)8-15(2)7-10/h3-4,6,10-11H,5,7-8H2,1-2H3. The van der Waals surface area contributed by atoms with Crippen molar-refractivity contribution in [2.45, 2.75) is 25.4 Å². The number of carbonyl (C=O) groups excluding carboxylic acids is 1. The van der Waals surface area contributed by atoms with Crippen molar-refractivity contribution in [3.8, 4) is 0 Å². The van der Waals surface area contributed by atoms with Gasteiger partial charge in [-0.2, -0.15) is 0 Å². The molecule has 1 aromatic heterocycles. The van der Waals surface area contributed by atoms with E-state index in [0.29, 0.717) is 17.8 Å². The number of aromatic nitrogens is 1. The summed E-state index contributed by atoms with van der Waals surface area (Å²) in [5.74, 6) is 0.0966. The Hall–Kier alpha value is -1.42. The summed E-state index contributed by atoms with van der Waals surface area (Å²) in [6, 6.07) is 4.57. The number of likely N-dealkylation sites (tertiary alicyclic amines) is 2. The third kappa shape index (κ3) is 1.72. The highest BCUT2D eigenvalue weighted by Gasteiger charge is 2.46. The van der Waals surface area contributed by atoms with E-state index < -0.39 is 0 Å². The van der Waals surface area contributed by atoms with E-state index in [9.17, 15) is 4.79 Å². The second kappa shape index (κ2) is 3.81. The van der Waals surface area contributed by atoms with Crippen molar-refractivity contribution in [2.75, 3.05) is 20.1 Å². The zero-order valence-corrected chi connectivity index (χ0v) is 10.3. The molecule has 0 aromatic carbocycles. The van der Waals surface area contributed by atoms with E-state index in [0.717, 1.165) is 25.1 Å². The number of aryl methyl sites for hydroxylation is 1. The highest BCUT2D eigenvalue weighted by Crippen LogP contribution is 2.32. The molecule has 2 bridgehead atoms. The predicted octanol–water partition coefficient (Wildman–Crippen LogP) is 0.919. The molecule has 0 radical (unpaired) electrons. The summed E-state index contributed by atoms with van der Waals surface area (Å²) in [6.45, 7) is 3.97. The average molecular weight is 231 g/mol. The summed E-state index contributed by atoms with van der Waals surface area (Å²) in [7, 11) is 2.12. The Morgan fingerprint density at radius 1 is 1.35 bits per heavy atom. The minimum atomic E-state index is 0.0966. The third-order valence-corrected chi connectivity index (χ3v) is 3.74. The van der Waals surface area contributed by atoms with Gasteiger partial charge in [0.05, 0.1) is 0 Å². The van der Waals surface area contributed by atoms with E-state index in [1.54, 1.807) is 6.20 Å².